The smallest absolute Gasteiger partial charge is 0.198 e. The van der Waals surface area contributed by atoms with E-state index in [1.54, 1.807) is 0 Å². The van der Waals surface area contributed by atoms with Gasteiger partial charge in [-0.05, 0) is 87.8 Å². The van der Waals surface area contributed by atoms with E-state index in [2.05, 4.69) is 15.3 Å². The van der Waals surface area contributed by atoms with Crippen molar-refractivity contribution in [3.8, 4) is 0 Å². The third kappa shape index (κ3) is 1.99. The van der Waals surface area contributed by atoms with Crippen molar-refractivity contribution in [1.82, 2.24) is 9.97 Å². The normalized spacial score (nSPS) is 39.2. The van der Waals surface area contributed by atoms with Crippen molar-refractivity contribution in [2.75, 3.05) is 11.9 Å². The minimum atomic E-state index is 0.390. The van der Waals surface area contributed by atoms with Crippen LogP contribution in [-0.2, 0) is 11.8 Å². The highest BCUT2D eigenvalue weighted by molar-refractivity contribution is 7.71. The molecule has 4 aliphatic carbocycles. The van der Waals surface area contributed by atoms with Gasteiger partial charge in [0.2, 0.25) is 0 Å². The second kappa shape index (κ2) is 4.80. The van der Waals surface area contributed by atoms with Crippen LogP contribution in [0.4, 0.5) is 5.82 Å². The van der Waals surface area contributed by atoms with Gasteiger partial charge in [0, 0.05) is 23.2 Å². The molecule has 0 amide bonds. The number of rotatable bonds is 1. The van der Waals surface area contributed by atoms with Crippen LogP contribution >= 0.6 is 12.2 Å². The summed E-state index contributed by atoms with van der Waals surface area (Å²) >= 11 is 5.48. The lowest BCUT2D eigenvalue weighted by Crippen LogP contribution is -2.49. The molecular formula is C18H25N3S. The van der Waals surface area contributed by atoms with Gasteiger partial charge in [0.15, 0.2) is 4.77 Å². The number of nitrogens with zero attached hydrogens (tertiary/aromatic N) is 1. The van der Waals surface area contributed by atoms with E-state index >= 15 is 0 Å². The molecule has 6 rings (SSSR count). The molecule has 1 aliphatic heterocycles. The number of H-pyrrole nitrogens is 1. The fourth-order valence-electron chi connectivity index (χ4n) is 6.39. The molecule has 4 saturated carbocycles. The summed E-state index contributed by atoms with van der Waals surface area (Å²) in [5.74, 6) is 3.99. The van der Waals surface area contributed by atoms with E-state index in [4.69, 9.17) is 12.2 Å². The first-order chi connectivity index (χ1) is 10.7. The number of aromatic nitrogens is 2. The summed E-state index contributed by atoms with van der Waals surface area (Å²) in [6, 6.07) is 0. The Labute approximate surface area is 137 Å². The second-order valence-corrected chi connectivity index (χ2v) is 8.71. The van der Waals surface area contributed by atoms with Gasteiger partial charge in [-0.2, -0.15) is 0 Å². The molecule has 4 heteroatoms. The maximum absolute atomic E-state index is 5.48. The van der Waals surface area contributed by atoms with Gasteiger partial charge in [-0.15, -0.1) is 0 Å². The first-order valence-electron chi connectivity index (χ1n) is 9.09. The van der Waals surface area contributed by atoms with Crippen molar-refractivity contribution in [1.29, 1.82) is 0 Å². The molecule has 0 spiro atoms. The van der Waals surface area contributed by atoms with Crippen molar-refractivity contribution in [3.63, 3.8) is 0 Å². The van der Waals surface area contributed by atoms with E-state index in [1.165, 1.54) is 69.0 Å². The zero-order valence-electron chi connectivity index (χ0n) is 13.2. The zero-order valence-corrected chi connectivity index (χ0v) is 14.0. The van der Waals surface area contributed by atoms with Gasteiger partial charge < -0.3 is 10.3 Å². The summed E-state index contributed by atoms with van der Waals surface area (Å²) in [5, 5.41) is 3.54. The van der Waals surface area contributed by atoms with Gasteiger partial charge in [0.25, 0.3) is 0 Å². The highest BCUT2D eigenvalue weighted by Crippen LogP contribution is 2.61. The number of nitrogens with one attached hydrogen (secondary N) is 2. The number of anilines is 1. The van der Waals surface area contributed by atoms with Crippen LogP contribution in [0.25, 0.3) is 0 Å². The highest BCUT2D eigenvalue weighted by Gasteiger charge is 2.52. The number of aromatic amines is 1. The molecule has 0 atom stereocenters. The Bertz CT molecular complexity index is 628. The largest absolute Gasteiger partial charge is 0.370 e. The molecule has 4 bridgehead atoms. The maximum atomic E-state index is 5.48. The Hall–Kier alpha value is -0.900. The summed E-state index contributed by atoms with van der Waals surface area (Å²) in [5.41, 5.74) is 3.34. The number of fused-ring (bicyclic) bond motifs is 1. The first kappa shape index (κ1) is 13.5. The highest BCUT2D eigenvalue weighted by atomic mass is 32.1. The molecule has 1 aromatic heterocycles. The van der Waals surface area contributed by atoms with Crippen molar-refractivity contribution < 1.29 is 0 Å². The van der Waals surface area contributed by atoms with Gasteiger partial charge in [-0.1, -0.05) is 0 Å². The Morgan fingerprint density at radius 3 is 2.36 bits per heavy atom. The van der Waals surface area contributed by atoms with Gasteiger partial charge in [0.05, 0.1) is 0 Å². The van der Waals surface area contributed by atoms with Gasteiger partial charge in [-0.3, -0.25) is 0 Å². The molecule has 4 fully saturated rings. The second-order valence-electron chi connectivity index (χ2n) is 8.33. The van der Waals surface area contributed by atoms with Crippen LogP contribution in [0, 0.1) is 22.5 Å². The van der Waals surface area contributed by atoms with Crippen LogP contribution in [0.3, 0.4) is 0 Å². The summed E-state index contributed by atoms with van der Waals surface area (Å²) in [6.07, 6.45) is 12.3. The fourth-order valence-corrected chi connectivity index (χ4v) is 6.58. The van der Waals surface area contributed by atoms with Crippen LogP contribution in [0.5, 0.6) is 0 Å². The lowest BCUT2D eigenvalue weighted by molar-refractivity contribution is -0.00770. The van der Waals surface area contributed by atoms with Gasteiger partial charge >= 0.3 is 0 Å². The molecule has 2 N–H and O–H groups in total. The molecular weight excluding hydrogens is 290 g/mol. The molecule has 0 aromatic carbocycles. The average Bonchev–Trinajstić information content (AvgIpc) is 2.70. The van der Waals surface area contributed by atoms with E-state index in [-0.39, 0.29) is 0 Å². The van der Waals surface area contributed by atoms with E-state index in [0.717, 1.165) is 30.1 Å². The zero-order chi connectivity index (χ0) is 14.7. The molecule has 2 heterocycles. The number of hydrogen-bond acceptors (Lipinski definition) is 3. The Kier molecular flexibility index (Phi) is 2.95. The van der Waals surface area contributed by atoms with E-state index in [1.807, 2.05) is 0 Å². The monoisotopic (exact) mass is 315 g/mol. The molecule has 3 nitrogen and oxygen atoms in total. The van der Waals surface area contributed by atoms with Crippen LogP contribution in [-0.4, -0.2) is 16.5 Å². The molecule has 0 radical (unpaired) electrons. The van der Waals surface area contributed by atoms with Crippen LogP contribution in [0.2, 0.25) is 0 Å². The van der Waals surface area contributed by atoms with Crippen LogP contribution < -0.4 is 5.32 Å². The lowest BCUT2D eigenvalue weighted by Gasteiger charge is -2.57. The quantitative estimate of drug-likeness (QED) is 0.757. The van der Waals surface area contributed by atoms with E-state index < -0.39 is 0 Å². The summed E-state index contributed by atoms with van der Waals surface area (Å²) in [4.78, 5) is 8.19. The van der Waals surface area contributed by atoms with Crippen molar-refractivity contribution >= 4 is 18.0 Å². The molecule has 5 aliphatic rings. The van der Waals surface area contributed by atoms with Crippen molar-refractivity contribution in [2.24, 2.45) is 17.8 Å². The molecule has 118 valence electrons. The van der Waals surface area contributed by atoms with E-state index in [9.17, 15) is 0 Å². The third-order valence-corrected chi connectivity index (χ3v) is 6.94. The topological polar surface area (TPSA) is 40.7 Å². The predicted molar refractivity (Wildman–Crippen MR) is 90.7 cm³/mol. The first-order valence-corrected chi connectivity index (χ1v) is 9.50. The fraction of sp³-hybridized carbons (Fsp3) is 0.778. The molecule has 22 heavy (non-hydrogen) atoms. The van der Waals surface area contributed by atoms with Crippen molar-refractivity contribution in [3.05, 3.63) is 16.0 Å². The molecule has 0 unspecified atom stereocenters. The summed E-state index contributed by atoms with van der Waals surface area (Å²) < 4.78 is 0.680. The SMILES string of the molecule is S=c1nc2c(c(C34CC5CC(CC(C5)C3)C4)[nH]1)CCCCN2. The lowest BCUT2D eigenvalue weighted by atomic mass is 9.48. The van der Waals surface area contributed by atoms with Crippen LogP contribution in [0.15, 0.2) is 0 Å². The van der Waals surface area contributed by atoms with Crippen LogP contribution in [0.1, 0.15) is 62.6 Å². The predicted octanol–water partition coefficient (Wildman–Crippen LogP) is 4.36. The minimum Gasteiger partial charge on any atom is -0.370 e. The van der Waals surface area contributed by atoms with Gasteiger partial charge in [0.1, 0.15) is 5.82 Å². The number of hydrogen-bond donors (Lipinski definition) is 2. The van der Waals surface area contributed by atoms with E-state index in [0.29, 0.717) is 10.2 Å². The summed E-state index contributed by atoms with van der Waals surface area (Å²) in [6.45, 7) is 1.04. The average molecular weight is 315 g/mol. The minimum absolute atomic E-state index is 0.390. The molecule has 0 saturated heterocycles. The Balaban J connectivity index is 1.66. The van der Waals surface area contributed by atoms with Crippen molar-refractivity contribution in [2.45, 2.75) is 63.2 Å². The maximum Gasteiger partial charge on any atom is 0.198 e. The molecule has 1 aromatic rings. The van der Waals surface area contributed by atoms with Gasteiger partial charge in [-0.25, -0.2) is 4.98 Å². The standard InChI is InChI=1S/C18H25N3S/c22-17-20-15(14-3-1-2-4-19-16(14)21-17)18-8-11-5-12(9-18)7-13(6-11)10-18/h11-13H,1-10H2,(H2,19,20,21,22). The Morgan fingerprint density at radius 1 is 1.00 bits per heavy atom. The summed E-state index contributed by atoms with van der Waals surface area (Å²) in [7, 11) is 0. The Morgan fingerprint density at radius 2 is 1.68 bits per heavy atom. The third-order valence-electron chi connectivity index (χ3n) is 6.75.